The molecular formula is C15H13N5O2. The second kappa shape index (κ2) is 6.85. The molecule has 7 heteroatoms. The van der Waals surface area contributed by atoms with Gasteiger partial charge in [-0.15, -0.1) is 0 Å². The first-order valence-corrected chi connectivity index (χ1v) is 6.39. The Kier molecular flexibility index (Phi) is 4.67. The number of nitrogen functional groups attached to an aromatic ring is 1. The average Bonchev–Trinajstić information content (AvgIpc) is 2.92. The molecule has 0 aliphatic heterocycles. The van der Waals surface area contributed by atoms with Crippen molar-refractivity contribution < 1.29 is 9.59 Å². The van der Waals surface area contributed by atoms with Crippen molar-refractivity contribution in [2.45, 2.75) is 0 Å². The van der Waals surface area contributed by atoms with Crippen LogP contribution in [0.2, 0.25) is 0 Å². The lowest BCUT2D eigenvalue weighted by molar-refractivity contribution is -0.116. The van der Waals surface area contributed by atoms with Crippen LogP contribution in [0.15, 0.2) is 42.6 Å². The molecule has 1 aromatic heterocycles. The summed E-state index contributed by atoms with van der Waals surface area (Å²) in [5, 5.41) is 14.9. The van der Waals surface area contributed by atoms with Gasteiger partial charge in [-0.05, 0) is 11.6 Å². The van der Waals surface area contributed by atoms with Gasteiger partial charge in [0.2, 0.25) is 5.91 Å². The van der Waals surface area contributed by atoms with Crippen molar-refractivity contribution in [3.8, 4) is 6.07 Å². The van der Waals surface area contributed by atoms with Gasteiger partial charge in [-0.2, -0.15) is 15.0 Å². The zero-order valence-electron chi connectivity index (χ0n) is 11.6. The van der Waals surface area contributed by atoms with Gasteiger partial charge in [-0.3, -0.25) is 9.59 Å². The molecule has 0 bridgehead atoms. The molecule has 7 nitrogen and oxygen atoms in total. The Bertz CT molecular complexity index is 756. The number of nitrogens with two attached hydrogens (primary N) is 1. The van der Waals surface area contributed by atoms with Crippen LogP contribution in [0.5, 0.6) is 0 Å². The summed E-state index contributed by atoms with van der Waals surface area (Å²) in [6, 6.07) is 11.1. The van der Waals surface area contributed by atoms with E-state index in [9.17, 15) is 9.59 Å². The van der Waals surface area contributed by atoms with Crippen LogP contribution >= 0.6 is 0 Å². The molecule has 1 aromatic carbocycles. The Morgan fingerprint density at radius 1 is 1.36 bits per heavy atom. The van der Waals surface area contributed by atoms with Gasteiger partial charge in [-0.1, -0.05) is 30.3 Å². The van der Waals surface area contributed by atoms with Gasteiger partial charge < -0.3 is 11.1 Å². The highest BCUT2D eigenvalue weighted by Gasteiger charge is 2.13. The van der Waals surface area contributed by atoms with Crippen molar-refractivity contribution in [2.75, 3.05) is 12.3 Å². The molecule has 0 aliphatic carbocycles. The standard InChI is InChI=1S/C15H13N5O2/c16-8-12-9-19-20(15(12)17)14(22)10-18-13(21)7-6-11-4-2-1-3-5-11/h1-7,9H,10,17H2,(H,18,21)/b7-6-. The van der Waals surface area contributed by atoms with Crippen LogP contribution in [-0.2, 0) is 4.79 Å². The number of amides is 1. The highest BCUT2D eigenvalue weighted by molar-refractivity contribution is 5.95. The van der Waals surface area contributed by atoms with E-state index in [1.807, 2.05) is 36.4 Å². The summed E-state index contributed by atoms with van der Waals surface area (Å²) in [7, 11) is 0. The molecule has 3 N–H and O–H groups in total. The third-order valence-corrected chi connectivity index (χ3v) is 2.80. The van der Waals surface area contributed by atoms with Gasteiger partial charge in [0.05, 0.1) is 12.7 Å². The number of nitrogens with zero attached hydrogens (tertiary/aromatic N) is 3. The van der Waals surface area contributed by atoms with E-state index in [0.29, 0.717) is 0 Å². The van der Waals surface area contributed by atoms with Crippen LogP contribution in [0.3, 0.4) is 0 Å². The third kappa shape index (κ3) is 3.58. The molecule has 0 saturated heterocycles. The Labute approximate surface area is 126 Å². The largest absolute Gasteiger partial charge is 0.382 e. The van der Waals surface area contributed by atoms with Gasteiger partial charge in [-0.25, -0.2) is 0 Å². The molecule has 1 heterocycles. The van der Waals surface area contributed by atoms with Crippen LogP contribution in [0.25, 0.3) is 6.08 Å². The summed E-state index contributed by atoms with van der Waals surface area (Å²) >= 11 is 0. The smallest absolute Gasteiger partial charge is 0.268 e. The summed E-state index contributed by atoms with van der Waals surface area (Å²) in [6.07, 6.45) is 4.16. The summed E-state index contributed by atoms with van der Waals surface area (Å²) in [4.78, 5) is 23.5. The lowest BCUT2D eigenvalue weighted by atomic mass is 10.2. The van der Waals surface area contributed by atoms with Crippen LogP contribution < -0.4 is 11.1 Å². The van der Waals surface area contributed by atoms with Gasteiger partial charge in [0.15, 0.2) is 0 Å². The fraction of sp³-hybridized carbons (Fsp3) is 0.0667. The lowest BCUT2D eigenvalue weighted by Crippen LogP contribution is -2.32. The third-order valence-electron chi connectivity index (χ3n) is 2.80. The molecule has 2 aromatic rings. The van der Waals surface area contributed by atoms with Crippen molar-refractivity contribution in [1.29, 1.82) is 5.26 Å². The van der Waals surface area contributed by atoms with E-state index in [0.717, 1.165) is 10.2 Å². The number of nitriles is 1. The second-order valence-corrected chi connectivity index (χ2v) is 4.32. The van der Waals surface area contributed by atoms with Crippen LogP contribution in [0.4, 0.5) is 5.82 Å². The molecule has 2 rings (SSSR count). The molecule has 0 radical (unpaired) electrons. The minimum atomic E-state index is -0.527. The molecular weight excluding hydrogens is 282 g/mol. The summed E-state index contributed by atoms with van der Waals surface area (Å²) in [5.74, 6) is -0.981. The van der Waals surface area contributed by atoms with Crippen molar-refractivity contribution in [1.82, 2.24) is 15.1 Å². The number of carbonyl (C=O) groups excluding carboxylic acids is 2. The van der Waals surface area contributed by atoms with Crippen molar-refractivity contribution in [2.24, 2.45) is 0 Å². The van der Waals surface area contributed by atoms with E-state index in [4.69, 9.17) is 11.0 Å². The van der Waals surface area contributed by atoms with E-state index < -0.39 is 11.8 Å². The predicted molar refractivity (Wildman–Crippen MR) is 80.5 cm³/mol. The first-order chi connectivity index (χ1) is 10.6. The molecule has 0 saturated carbocycles. The Hall–Kier alpha value is -3.40. The Balaban J connectivity index is 1.91. The van der Waals surface area contributed by atoms with E-state index >= 15 is 0 Å². The zero-order chi connectivity index (χ0) is 15.9. The van der Waals surface area contributed by atoms with Crippen molar-refractivity contribution >= 4 is 23.7 Å². The number of hydrogen-bond acceptors (Lipinski definition) is 5. The molecule has 0 aliphatic rings. The molecule has 0 unspecified atom stereocenters. The fourth-order valence-electron chi connectivity index (χ4n) is 1.68. The number of nitrogens with one attached hydrogen (secondary N) is 1. The fourth-order valence-corrected chi connectivity index (χ4v) is 1.68. The summed E-state index contributed by atoms with van der Waals surface area (Å²) in [6.45, 7) is -0.269. The van der Waals surface area contributed by atoms with Gasteiger partial charge in [0.1, 0.15) is 17.5 Å². The second-order valence-electron chi connectivity index (χ2n) is 4.32. The Morgan fingerprint density at radius 2 is 2.09 bits per heavy atom. The minimum Gasteiger partial charge on any atom is -0.382 e. The first kappa shape index (κ1) is 15.0. The van der Waals surface area contributed by atoms with Crippen molar-refractivity contribution in [3.05, 3.63) is 53.7 Å². The molecule has 0 atom stereocenters. The quantitative estimate of drug-likeness (QED) is 0.810. The number of benzene rings is 1. The number of rotatable bonds is 4. The monoisotopic (exact) mass is 295 g/mol. The maximum atomic E-state index is 11.8. The van der Waals surface area contributed by atoms with Gasteiger partial charge >= 0.3 is 0 Å². The lowest BCUT2D eigenvalue weighted by Gasteiger charge is -2.03. The molecule has 0 spiro atoms. The number of carbonyl (C=O) groups is 2. The number of aromatic nitrogens is 2. The van der Waals surface area contributed by atoms with E-state index in [2.05, 4.69) is 10.4 Å². The maximum Gasteiger partial charge on any atom is 0.268 e. The SMILES string of the molecule is N#Cc1cnn(C(=O)CNC(=O)/C=C\c2ccccc2)c1N. The number of hydrogen-bond donors (Lipinski definition) is 2. The van der Waals surface area contributed by atoms with E-state index in [-0.39, 0.29) is 17.9 Å². The van der Waals surface area contributed by atoms with Crippen LogP contribution in [0, 0.1) is 11.3 Å². The van der Waals surface area contributed by atoms with Gasteiger partial charge in [0, 0.05) is 6.08 Å². The van der Waals surface area contributed by atoms with Crippen molar-refractivity contribution in [3.63, 3.8) is 0 Å². The molecule has 1 amide bonds. The summed E-state index contributed by atoms with van der Waals surface area (Å²) in [5.41, 5.74) is 6.57. The normalized spacial score (nSPS) is 10.3. The van der Waals surface area contributed by atoms with Gasteiger partial charge in [0.25, 0.3) is 5.91 Å². The van der Waals surface area contributed by atoms with Crippen LogP contribution in [-0.4, -0.2) is 28.1 Å². The molecule has 110 valence electrons. The zero-order valence-corrected chi connectivity index (χ0v) is 11.6. The topological polar surface area (TPSA) is 114 Å². The first-order valence-electron chi connectivity index (χ1n) is 6.39. The average molecular weight is 295 g/mol. The minimum absolute atomic E-state index is 0.0402. The maximum absolute atomic E-state index is 11.8. The van der Waals surface area contributed by atoms with E-state index in [1.165, 1.54) is 12.3 Å². The van der Waals surface area contributed by atoms with Crippen LogP contribution in [0.1, 0.15) is 15.9 Å². The predicted octanol–water partition coefficient (Wildman–Crippen LogP) is 0.807. The molecule has 0 fully saturated rings. The Morgan fingerprint density at radius 3 is 2.73 bits per heavy atom. The highest BCUT2D eigenvalue weighted by Crippen LogP contribution is 2.08. The highest BCUT2D eigenvalue weighted by atomic mass is 16.2. The summed E-state index contributed by atoms with van der Waals surface area (Å²) < 4.78 is 0.889. The van der Waals surface area contributed by atoms with E-state index in [1.54, 1.807) is 6.08 Å². The molecule has 22 heavy (non-hydrogen) atoms. The number of anilines is 1.